The van der Waals surface area contributed by atoms with Crippen molar-refractivity contribution in [3.63, 3.8) is 0 Å². The fraction of sp³-hybridized carbons (Fsp3) is 0.222. The molecule has 0 spiro atoms. The van der Waals surface area contributed by atoms with E-state index in [1.54, 1.807) is 18.5 Å². The van der Waals surface area contributed by atoms with Gasteiger partial charge in [-0.1, -0.05) is 37.2 Å². The second kappa shape index (κ2) is 7.57. The molecule has 7 heteroatoms. The molecule has 0 radical (unpaired) electrons. The number of anilines is 1. The van der Waals surface area contributed by atoms with E-state index in [0.29, 0.717) is 17.4 Å². The Balaban J connectivity index is 1.73. The van der Waals surface area contributed by atoms with Gasteiger partial charge in [-0.25, -0.2) is 4.79 Å². The Morgan fingerprint density at radius 1 is 1.12 bits per heavy atom. The number of pyridine rings is 1. The van der Waals surface area contributed by atoms with Crippen molar-refractivity contribution in [1.29, 1.82) is 0 Å². The number of nitrogens with zero attached hydrogens (tertiary/aromatic N) is 3. The molecular weight excluding hydrogens is 318 g/mol. The minimum absolute atomic E-state index is 0.0729. The number of rotatable bonds is 5. The van der Waals surface area contributed by atoms with Gasteiger partial charge in [-0.15, -0.1) is 0 Å². The Kier molecular flexibility index (Phi) is 5.03. The van der Waals surface area contributed by atoms with Gasteiger partial charge in [0.05, 0.1) is 0 Å². The maximum Gasteiger partial charge on any atom is 0.319 e. The highest BCUT2D eigenvalue weighted by atomic mass is 16.5. The van der Waals surface area contributed by atoms with Gasteiger partial charge in [-0.3, -0.25) is 4.98 Å². The number of carbonyl (C=O) groups excluding carboxylic acids is 1. The van der Waals surface area contributed by atoms with Crippen LogP contribution < -0.4 is 10.6 Å². The number of urea groups is 1. The van der Waals surface area contributed by atoms with E-state index >= 15 is 0 Å². The van der Waals surface area contributed by atoms with Crippen molar-refractivity contribution in [2.24, 2.45) is 5.92 Å². The van der Waals surface area contributed by atoms with Gasteiger partial charge >= 0.3 is 6.03 Å². The van der Waals surface area contributed by atoms with Gasteiger partial charge in [-0.2, -0.15) is 4.98 Å². The van der Waals surface area contributed by atoms with Crippen LogP contribution in [0, 0.1) is 5.92 Å². The molecule has 7 nitrogen and oxygen atoms in total. The third-order valence-corrected chi connectivity index (χ3v) is 3.61. The van der Waals surface area contributed by atoms with Crippen molar-refractivity contribution in [3.05, 3.63) is 60.7 Å². The van der Waals surface area contributed by atoms with Crippen LogP contribution in [0.5, 0.6) is 0 Å². The highest BCUT2D eigenvalue weighted by molar-refractivity contribution is 5.89. The SMILES string of the molecule is CC(C)C(NC(=O)Nc1ccccc1)c1nc(-c2cccnc2)no1. The molecule has 0 aliphatic rings. The van der Waals surface area contributed by atoms with Gasteiger partial charge in [-0.05, 0) is 30.2 Å². The van der Waals surface area contributed by atoms with Crippen molar-refractivity contribution >= 4 is 11.7 Å². The van der Waals surface area contributed by atoms with Gasteiger partial charge in [0.1, 0.15) is 6.04 Å². The number of hydrogen-bond acceptors (Lipinski definition) is 5. The summed E-state index contributed by atoms with van der Waals surface area (Å²) in [4.78, 5) is 20.7. The van der Waals surface area contributed by atoms with Crippen molar-refractivity contribution in [1.82, 2.24) is 20.4 Å². The zero-order valence-corrected chi connectivity index (χ0v) is 14.0. The van der Waals surface area contributed by atoms with Crippen molar-refractivity contribution in [2.45, 2.75) is 19.9 Å². The van der Waals surface area contributed by atoms with E-state index in [9.17, 15) is 4.79 Å². The first-order chi connectivity index (χ1) is 12.1. The molecule has 0 saturated heterocycles. The fourth-order valence-corrected chi connectivity index (χ4v) is 2.32. The Bertz CT molecular complexity index is 818. The second-order valence-corrected chi connectivity index (χ2v) is 5.88. The second-order valence-electron chi connectivity index (χ2n) is 5.88. The summed E-state index contributed by atoms with van der Waals surface area (Å²) in [6, 6.07) is 12.2. The molecule has 2 heterocycles. The summed E-state index contributed by atoms with van der Waals surface area (Å²) in [5.41, 5.74) is 1.47. The van der Waals surface area contributed by atoms with Gasteiger partial charge in [0.15, 0.2) is 0 Å². The summed E-state index contributed by atoms with van der Waals surface area (Å²) in [6.07, 6.45) is 3.34. The maximum atomic E-state index is 12.3. The molecule has 25 heavy (non-hydrogen) atoms. The van der Waals surface area contributed by atoms with Crippen LogP contribution in [-0.4, -0.2) is 21.2 Å². The Labute approximate surface area is 145 Å². The smallest absolute Gasteiger partial charge is 0.319 e. The molecule has 3 aromatic rings. The lowest BCUT2D eigenvalue weighted by Gasteiger charge is -2.18. The molecule has 2 aromatic heterocycles. The lowest BCUT2D eigenvalue weighted by Crippen LogP contribution is -2.35. The first-order valence-electron chi connectivity index (χ1n) is 8.00. The van der Waals surface area contributed by atoms with E-state index in [1.165, 1.54) is 0 Å². The van der Waals surface area contributed by atoms with Gasteiger partial charge in [0.2, 0.25) is 11.7 Å². The third kappa shape index (κ3) is 4.20. The minimum Gasteiger partial charge on any atom is -0.337 e. The first-order valence-corrected chi connectivity index (χ1v) is 8.00. The van der Waals surface area contributed by atoms with E-state index < -0.39 is 6.04 Å². The molecule has 2 N–H and O–H groups in total. The summed E-state index contributed by atoms with van der Waals surface area (Å²) < 4.78 is 5.36. The number of aromatic nitrogens is 3. The fourth-order valence-electron chi connectivity index (χ4n) is 2.32. The Hall–Kier alpha value is -3.22. The summed E-state index contributed by atoms with van der Waals surface area (Å²) >= 11 is 0. The Morgan fingerprint density at radius 2 is 1.92 bits per heavy atom. The number of amides is 2. The highest BCUT2D eigenvalue weighted by Crippen LogP contribution is 2.23. The predicted octanol–water partition coefficient (Wildman–Crippen LogP) is 3.65. The van der Waals surface area contributed by atoms with Crippen LogP contribution in [0.4, 0.5) is 10.5 Å². The zero-order valence-electron chi connectivity index (χ0n) is 14.0. The molecule has 0 aliphatic heterocycles. The lowest BCUT2D eigenvalue weighted by atomic mass is 10.0. The van der Waals surface area contributed by atoms with Crippen LogP contribution in [-0.2, 0) is 0 Å². The molecule has 0 fully saturated rings. The summed E-state index contributed by atoms with van der Waals surface area (Å²) in [5, 5.41) is 9.65. The topological polar surface area (TPSA) is 92.9 Å². The number of carbonyl (C=O) groups is 1. The molecule has 0 bridgehead atoms. The van der Waals surface area contributed by atoms with E-state index in [-0.39, 0.29) is 11.9 Å². The molecule has 2 amide bonds. The number of hydrogen-bond donors (Lipinski definition) is 2. The molecule has 0 aliphatic carbocycles. The van der Waals surface area contributed by atoms with Crippen molar-refractivity contribution in [2.75, 3.05) is 5.32 Å². The number of nitrogens with one attached hydrogen (secondary N) is 2. The summed E-state index contributed by atoms with van der Waals surface area (Å²) in [6.45, 7) is 3.95. The predicted molar refractivity (Wildman–Crippen MR) is 93.7 cm³/mol. The Morgan fingerprint density at radius 3 is 2.60 bits per heavy atom. The van der Waals surface area contributed by atoms with Gasteiger partial charge in [0, 0.05) is 23.6 Å². The summed E-state index contributed by atoms with van der Waals surface area (Å²) in [7, 11) is 0. The maximum absolute atomic E-state index is 12.3. The van der Waals surface area contributed by atoms with E-state index in [1.807, 2.05) is 50.2 Å². The highest BCUT2D eigenvalue weighted by Gasteiger charge is 2.25. The van der Waals surface area contributed by atoms with Gasteiger partial charge < -0.3 is 15.2 Å². The molecular formula is C18H19N5O2. The third-order valence-electron chi connectivity index (χ3n) is 3.61. The zero-order chi connectivity index (χ0) is 17.6. The quantitative estimate of drug-likeness (QED) is 0.741. The van der Waals surface area contributed by atoms with Crippen LogP contribution >= 0.6 is 0 Å². The lowest BCUT2D eigenvalue weighted by molar-refractivity contribution is 0.236. The normalized spacial score (nSPS) is 12.0. The van der Waals surface area contributed by atoms with E-state index in [4.69, 9.17) is 4.52 Å². The summed E-state index contributed by atoms with van der Waals surface area (Å²) in [5.74, 6) is 0.875. The molecule has 128 valence electrons. The standard InChI is InChI=1S/C18H19N5O2/c1-12(2)15(21-18(24)20-14-8-4-3-5-9-14)17-22-16(23-25-17)13-7-6-10-19-11-13/h3-12,15H,1-2H3,(H2,20,21,24). The van der Waals surface area contributed by atoms with Crippen LogP contribution in [0.25, 0.3) is 11.4 Å². The van der Waals surface area contributed by atoms with E-state index in [0.717, 1.165) is 5.56 Å². The van der Waals surface area contributed by atoms with Crippen LogP contribution in [0.3, 0.4) is 0 Å². The number of para-hydroxylation sites is 1. The minimum atomic E-state index is -0.401. The monoisotopic (exact) mass is 337 g/mol. The van der Waals surface area contributed by atoms with E-state index in [2.05, 4.69) is 25.8 Å². The molecule has 1 atom stereocenters. The van der Waals surface area contributed by atoms with Crippen molar-refractivity contribution in [3.8, 4) is 11.4 Å². The van der Waals surface area contributed by atoms with Crippen LogP contribution in [0.15, 0.2) is 59.4 Å². The molecule has 3 rings (SSSR count). The first kappa shape index (κ1) is 16.6. The average molecular weight is 337 g/mol. The average Bonchev–Trinajstić information content (AvgIpc) is 3.11. The largest absolute Gasteiger partial charge is 0.337 e. The van der Waals surface area contributed by atoms with Gasteiger partial charge in [0.25, 0.3) is 0 Å². The molecule has 1 aromatic carbocycles. The van der Waals surface area contributed by atoms with Crippen molar-refractivity contribution < 1.29 is 9.32 Å². The van der Waals surface area contributed by atoms with Crippen LogP contribution in [0.1, 0.15) is 25.8 Å². The number of benzene rings is 1. The van der Waals surface area contributed by atoms with Crippen LogP contribution in [0.2, 0.25) is 0 Å². The molecule has 1 unspecified atom stereocenters. The molecule has 0 saturated carbocycles.